The molecule has 10 nitrogen and oxygen atoms in total. The fourth-order valence-corrected chi connectivity index (χ4v) is 4.22. The Kier molecular flexibility index (Phi) is 12.2. The van der Waals surface area contributed by atoms with E-state index < -0.39 is 37.1 Å². The van der Waals surface area contributed by atoms with E-state index in [2.05, 4.69) is 12.2 Å². The zero-order chi connectivity index (χ0) is 29.1. The molecule has 0 aliphatic rings. The summed E-state index contributed by atoms with van der Waals surface area (Å²) in [4.78, 5) is 54.6. The van der Waals surface area contributed by atoms with Gasteiger partial charge < -0.3 is 30.3 Å². The maximum Gasteiger partial charge on any atom is 0.396 e. The van der Waals surface area contributed by atoms with Crippen molar-refractivity contribution in [1.29, 1.82) is 0 Å². The lowest BCUT2D eigenvalue weighted by atomic mass is 10.0. The van der Waals surface area contributed by atoms with Gasteiger partial charge in [-0.3, -0.25) is 18.9 Å². The Morgan fingerprint density at radius 3 is 2.21 bits per heavy atom. The molecule has 0 aliphatic carbocycles. The van der Waals surface area contributed by atoms with Crippen LogP contribution in [0, 0.1) is 0 Å². The molecule has 5 N–H and O–H groups in total. The number of carbonyl (C=O) groups is 3. The minimum atomic E-state index is -4.99. The second kappa shape index (κ2) is 14.8. The van der Waals surface area contributed by atoms with Crippen molar-refractivity contribution in [2.75, 3.05) is 13.2 Å². The summed E-state index contributed by atoms with van der Waals surface area (Å²) in [5.74, 6) is -0.334. The number of benzene rings is 2. The number of hydrogen-bond acceptors (Lipinski definition) is 6. The highest BCUT2D eigenvalue weighted by Crippen LogP contribution is 2.40. The average Bonchev–Trinajstić information content (AvgIpc) is 2.87. The van der Waals surface area contributed by atoms with Gasteiger partial charge in [-0.05, 0) is 61.7 Å². The molecule has 0 bridgehead atoms. The van der Waals surface area contributed by atoms with E-state index in [0.29, 0.717) is 12.2 Å². The lowest BCUT2D eigenvalue weighted by molar-refractivity contribution is -0.131. The Morgan fingerprint density at radius 2 is 1.59 bits per heavy atom. The molecule has 2 rings (SSSR count). The number of rotatable bonds is 17. The van der Waals surface area contributed by atoms with E-state index in [4.69, 9.17) is 15.2 Å². The van der Waals surface area contributed by atoms with E-state index in [1.165, 1.54) is 57.7 Å². The number of carbonyl (C=O) groups excluding carboxylic acids is 3. The average molecular weight is 563 g/mol. The Bertz CT molecular complexity index is 1170. The van der Waals surface area contributed by atoms with Crippen molar-refractivity contribution in [3.8, 4) is 11.5 Å². The predicted octanol–water partition coefficient (Wildman–Crippen LogP) is 4.09. The molecule has 214 valence electrons. The minimum absolute atomic E-state index is 0.177. The molecule has 0 saturated heterocycles. The molecule has 0 aromatic heterocycles. The third-order valence-electron chi connectivity index (χ3n) is 6.08. The molecule has 2 amide bonds. The molecule has 0 unspecified atom stereocenters. The van der Waals surface area contributed by atoms with Crippen LogP contribution in [0.25, 0.3) is 0 Å². The molecule has 2 aromatic carbocycles. The van der Waals surface area contributed by atoms with Gasteiger partial charge in [0.1, 0.15) is 17.0 Å². The molecular formula is C28H39N2O8P. The van der Waals surface area contributed by atoms with Crippen molar-refractivity contribution in [2.24, 2.45) is 5.73 Å². The molecule has 0 aliphatic heterocycles. The second-order valence-corrected chi connectivity index (χ2v) is 11.4. The molecule has 11 heteroatoms. The van der Waals surface area contributed by atoms with Crippen LogP contribution in [-0.2, 0) is 20.6 Å². The van der Waals surface area contributed by atoms with E-state index in [1.807, 2.05) is 24.3 Å². The first kappa shape index (κ1) is 32.0. The summed E-state index contributed by atoms with van der Waals surface area (Å²) < 4.78 is 23.0. The van der Waals surface area contributed by atoms with Crippen LogP contribution < -0.4 is 20.5 Å². The lowest BCUT2D eigenvalue weighted by Crippen LogP contribution is -2.54. The zero-order valence-corrected chi connectivity index (χ0v) is 23.7. The van der Waals surface area contributed by atoms with Gasteiger partial charge in [0.25, 0.3) is 11.4 Å². The Labute approximate surface area is 229 Å². The molecule has 0 radical (unpaired) electrons. The Balaban J connectivity index is 2.11. The molecule has 0 fully saturated rings. The van der Waals surface area contributed by atoms with Gasteiger partial charge in [-0.1, -0.05) is 51.2 Å². The monoisotopic (exact) mass is 562 g/mol. The highest BCUT2D eigenvalue weighted by Gasteiger charge is 2.29. The Hall–Kier alpha value is -3.20. The molecule has 39 heavy (non-hydrogen) atoms. The van der Waals surface area contributed by atoms with Gasteiger partial charge in [-0.15, -0.1) is 0 Å². The van der Waals surface area contributed by atoms with E-state index in [-0.39, 0.29) is 17.7 Å². The summed E-state index contributed by atoms with van der Waals surface area (Å²) in [5.41, 5.74) is 3.79. The van der Waals surface area contributed by atoms with E-state index in [0.717, 1.165) is 24.2 Å². The van der Waals surface area contributed by atoms with Gasteiger partial charge in [-0.25, -0.2) is 0 Å². The first-order valence-corrected chi connectivity index (χ1v) is 14.6. The van der Waals surface area contributed by atoms with Crippen molar-refractivity contribution in [3.05, 3.63) is 59.2 Å². The van der Waals surface area contributed by atoms with Gasteiger partial charge in [0.2, 0.25) is 5.91 Å². The second-order valence-electron chi connectivity index (χ2n) is 9.93. The van der Waals surface area contributed by atoms with Crippen molar-refractivity contribution in [1.82, 2.24) is 5.32 Å². The van der Waals surface area contributed by atoms with Crippen LogP contribution in [0.2, 0.25) is 0 Å². The Morgan fingerprint density at radius 1 is 0.949 bits per heavy atom. The number of nitrogens with one attached hydrogen (secondary N) is 1. The van der Waals surface area contributed by atoms with Crippen molar-refractivity contribution >= 4 is 24.9 Å². The minimum Gasteiger partial charge on any atom is -0.494 e. The molecular weight excluding hydrogens is 523 g/mol. The summed E-state index contributed by atoms with van der Waals surface area (Å²) in [6, 6.07) is 11.3. The van der Waals surface area contributed by atoms with Crippen LogP contribution in [0.5, 0.6) is 11.5 Å². The largest absolute Gasteiger partial charge is 0.494 e. The number of hydrogen-bond donors (Lipinski definition) is 4. The van der Waals surface area contributed by atoms with Gasteiger partial charge in [0.05, 0.1) is 6.61 Å². The summed E-state index contributed by atoms with van der Waals surface area (Å²) >= 11 is 0. The summed E-state index contributed by atoms with van der Waals surface area (Å²) in [7, 11) is -4.99. The topological polar surface area (TPSA) is 165 Å². The number of primary amides is 1. The van der Waals surface area contributed by atoms with E-state index >= 15 is 0 Å². The van der Waals surface area contributed by atoms with E-state index in [1.54, 1.807) is 0 Å². The van der Waals surface area contributed by atoms with Crippen molar-refractivity contribution < 1.29 is 38.2 Å². The van der Waals surface area contributed by atoms with Crippen LogP contribution in [0.1, 0.15) is 80.8 Å². The summed E-state index contributed by atoms with van der Waals surface area (Å²) in [6.45, 7) is 5.29. The molecule has 0 atom stereocenters. The normalized spacial score (nSPS) is 11.6. The van der Waals surface area contributed by atoms with Gasteiger partial charge in [0.15, 0.2) is 6.61 Å². The number of amides is 2. The molecule has 0 heterocycles. The highest BCUT2D eigenvalue weighted by molar-refractivity contribution is 7.70. The van der Waals surface area contributed by atoms with Crippen LogP contribution >= 0.6 is 7.60 Å². The zero-order valence-electron chi connectivity index (χ0n) is 22.8. The van der Waals surface area contributed by atoms with Crippen molar-refractivity contribution in [3.63, 3.8) is 0 Å². The fraction of sp³-hybridized carbons (Fsp3) is 0.464. The third kappa shape index (κ3) is 10.8. The summed E-state index contributed by atoms with van der Waals surface area (Å²) in [5, 5.41) is 2.47. The molecule has 0 spiro atoms. The number of nitrogens with two attached hydrogens (primary N) is 1. The number of unbranched alkanes of at least 4 members (excludes halogenated alkanes) is 5. The SMILES string of the molecule is CCCCCCCCOc1ccc(Cc2cc(C(=O)P(=O)(O)O)ccc2OCC(=O)NC(C)(C)C(N)=O)cc1. The van der Waals surface area contributed by atoms with Crippen LogP contribution in [-0.4, -0.2) is 45.9 Å². The maximum atomic E-state index is 12.3. The lowest BCUT2D eigenvalue weighted by Gasteiger charge is -2.22. The van der Waals surface area contributed by atoms with Crippen LogP contribution in [0.4, 0.5) is 0 Å². The maximum absolute atomic E-state index is 12.3. The van der Waals surface area contributed by atoms with E-state index in [9.17, 15) is 28.7 Å². The molecule has 0 saturated carbocycles. The van der Waals surface area contributed by atoms with Crippen LogP contribution in [0.15, 0.2) is 42.5 Å². The van der Waals surface area contributed by atoms with Gasteiger partial charge in [-0.2, -0.15) is 0 Å². The summed E-state index contributed by atoms with van der Waals surface area (Å²) in [6.07, 6.45) is 7.28. The third-order valence-corrected chi connectivity index (χ3v) is 6.87. The van der Waals surface area contributed by atoms with Crippen LogP contribution in [0.3, 0.4) is 0 Å². The van der Waals surface area contributed by atoms with Gasteiger partial charge in [0, 0.05) is 12.0 Å². The fourth-order valence-electron chi connectivity index (χ4n) is 3.74. The van der Waals surface area contributed by atoms with Gasteiger partial charge >= 0.3 is 7.60 Å². The standard InChI is InChI=1S/C28H39N2O8P/c1-4-5-6-7-8-9-16-37-23-13-10-20(11-14-23)17-22-18-21(26(32)39(34,35)36)12-15-24(22)38-19-25(31)30-28(2,3)27(29)33/h10-15,18H,4-9,16-17,19H2,1-3H3,(H2,29,33)(H,30,31)(H2,34,35,36). The quantitative estimate of drug-likeness (QED) is 0.165. The predicted molar refractivity (Wildman–Crippen MR) is 148 cm³/mol. The first-order chi connectivity index (χ1) is 18.3. The number of ether oxygens (including phenoxy) is 2. The molecule has 2 aromatic rings. The smallest absolute Gasteiger partial charge is 0.396 e. The highest BCUT2D eigenvalue weighted by atomic mass is 31.2. The van der Waals surface area contributed by atoms with Crippen molar-refractivity contribution in [2.45, 2.75) is 71.3 Å². The first-order valence-electron chi connectivity index (χ1n) is 13.0.